The van der Waals surface area contributed by atoms with Gasteiger partial charge in [-0.1, -0.05) is 22.0 Å². The number of carbonyl (C=O) groups excluding carboxylic acids is 1. The summed E-state index contributed by atoms with van der Waals surface area (Å²) in [6.07, 6.45) is 1.64. The minimum Gasteiger partial charge on any atom is -0.465 e. The van der Waals surface area contributed by atoms with Crippen LogP contribution in [0.5, 0.6) is 0 Å². The zero-order valence-corrected chi connectivity index (χ0v) is 8.82. The van der Waals surface area contributed by atoms with Crippen molar-refractivity contribution < 1.29 is 9.53 Å². The Labute approximate surface area is 85.3 Å². The normalized spacial score (nSPS) is 12.2. The van der Waals surface area contributed by atoms with Gasteiger partial charge in [-0.05, 0) is 19.1 Å². The Hall–Kier alpha value is -0.900. The highest BCUT2D eigenvalue weighted by Gasteiger charge is 2.18. The fraction of sp³-hybridized carbons (Fsp3) is 0.333. The van der Waals surface area contributed by atoms with Gasteiger partial charge in [0.05, 0.1) is 12.3 Å². The molecule has 4 heteroatoms. The lowest BCUT2D eigenvalue weighted by Crippen LogP contribution is -2.11. The third kappa shape index (κ3) is 2.81. The molecule has 1 heterocycles. The van der Waals surface area contributed by atoms with Crippen molar-refractivity contribution >= 4 is 21.9 Å². The minimum absolute atomic E-state index is 0.304. The van der Waals surface area contributed by atoms with Gasteiger partial charge < -0.3 is 4.74 Å². The predicted octanol–water partition coefficient (Wildman–Crippen LogP) is 2.08. The number of alkyl halides is 1. The lowest BCUT2D eigenvalue weighted by atomic mass is 10.3. The Balaban J connectivity index is 2.68. The molecular formula is C9H10BrNO2. The molecule has 0 aliphatic heterocycles. The van der Waals surface area contributed by atoms with Gasteiger partial charge in [-0.25, -0.2) is 0 Å². The average Bonchev–Trinajstić information content (AvgIpc) is 2.18. The summed E-state index contributed by atoms with van der Waals surface area (Å²) < 4.78 is 4.83. The van der Waals surface area contributed by atoms with Crippen LogP contribution in [0.2, 0.25) is 0 Å². The molecule has 0 radical (unpaired) electrons. The second-order valence-corrected chi connectivity index (χ2v) is 3.28. The van der Waals surface area contributed by atoms with E-state index in [1.807, 2.05) is 6.07 Å². The van der Waals surface area contributed by atoms with Gasteiger partial charge in [-0.3, -0.25) is 9.78 Å². The van der Waals surface area contributed by atoms with Crippen LogP contribution in [-0.4, -0.2) is 17.6 Å². The highest BCUT2D eigenvalue weighted by molar-refractivity contribution is 9.09. The molecule has 0 bridgehead atoms. The van der Waals surface area contributed by atoms with E-state index in [1.165, 1.54) is 0 Å². The van der Waals surface area contributed by atoms with Gasteiger partial charge in [0, 0.05) is 6.20 Å². The molecule has 0 saturated carbocycles. The first-order chi connectivity index (χ1) is 6.25. The molecule has 1 aromatic rings. The molecule has 1 aromatic heterocycles. The summed E-state index contributed by atoms with van der Waals surface area (Å²) in [4.78, 5) is 14.8. The molecule has 0 unspecified atom stereocenters. The second kappa shape index (κ2) is 4.97. The molecule has 0 spiro atoms. The van der Waals surface area contributed by atoms with Gasteiger partial charge in [0.1, 0.15) is 0 Å². The number of halogens is 1. The van der Waals surface area contributed by atoms with Crippen molar-refractivity contribution in [2.45, 2.75) is 11.8 Å². The van der Waals surface area contributed by atoms with E-state index in [0.717, 1.165) is 0 Å². The third-order valence-corrected chi connectivity index (χ3v) is 2.28. The van der Waals surface area contributed by atoms with Crippen molar-refractivity contribution in [2.75, 3.05) is 6.61 Å². The zero-order chi connectivity index (χ0) is 9.68. The van der Waals surface area contributed by atoms with Crippen molar-refractivity contribution in [3.8, 4) is 0 Å². The molecule has 0 aromatic carbocycles. The van der Waals surface area contributed by atoms with E-state index in [1.54, 1.807) is 25.3 Å². The molecule has 3 nitrogen and oxygen atoms in total. The Kier molecular flexibility index (Phi) is 3.89. The van der Waals surface area contributed by atoms with Crippen molar-refractivity contribution in [1.29, 1.82) is 0 Å². The van der Waals surface area contributed by atoms with Crippen LogP contribution >= 0.6 is 15.9 Å². The lowest BCUT2D eigenvalue weighted by Gasteiger charge is -2.07. The van der Waals surface area contributed by atoms with Crippen LogP contribution in [0.1, 0.15) is 17.4 Å². The van der Waals surface area contributed by atoms with Crippen molar-refractivity contribution in [2.24, 2.45) is 0 Å². The molecule has 1 atom stereocenters. The summed E-state index contributed by atoms with van der Waals surface area (Å²) in [5.74, 6) is -0.304. The molecular weight excluding hydrogens is 234 g/mol. The van der Waals surface area contributed by atoms with Gasteiger partial charge >= 0.3 is 5.97 Å². The largest absolute Gasteiger partial charge is 0.465 e. The predicted molar refractivity (Wildman–Crippen MR) is 52.5 cm³/mol. The number of pyridine rings is 1. The number of ether oxygens (including phenoxy) is 1. The number of rotatable bonds is 3. The van der Waals surface area contributed by atoms with Gasteiger partial charge in [-0.2, -0.15) is 0 Å². The van der Waals surface area contributed by atoms with E-state index >= 15 is 0 Å². The van der Waals surface area contributed by atoms with E-state index in [0.29, 0.717) is 12.3 Å². The highest BCUT2D eigenvalue weighted by atomic mass is 79.9. The quantitative estimate of drug-likeness (QED) is 0.603. The summed E-state index contributed by atoms with van der Waals surface area (Å²) >= 11 is 3.22. The van der Waals surface area contributed by atoms with E-state index in [-0.39, 0.29) is 5.97 Å². The van der Waals surface area contributed by atoms with Gasteiger partial charge in [0.2, 0.25) is 0 Å². The van der Waals surface area contributed by atoms with E-state index < -0.39 is 4.83 Å². The molecule has 0 amide bonds. The van der Waals surface area contributed by atoms with Crippen LogP contribution in [0.4, 0.5) is 0 Å². The number of hydrogen-bond donors (Lipinski definition) is 0. The molecule has 13 heavy (non-hydrogen) atoms. The van der Waals surface area contributed by atoms with Crippen LogP contribution in [0.25, 0.3) is 0 Å². The Bertz CT molecular complexity index is 276. The summed E-state index contributed by atoms with van der Waals surface area (Å²) in [5, 5.41) is 0. The van der Waals surface area contributed by atoms with Crippen molar-refractivity contribution in [1.82, 2.24) is 4.98 Å². The molecule has 1 rings (SSSR count). The fourth-order valence-corrected chi connectivity index (χ4v) is 1.27. The van der Waals surface area contributed by atoms with Crippen LogP contribution < -0.4 is 0 Å². The third-order valence-electron chi connectivity index (χ3n) is 1.44. The number of esters is 1. The number of hydrogen-bond acceptors (Lipinski definition) is 3. The first kappa shape index (κ1) is 10.2. The first-order valence-corrected chi connectivity index (χ1v) is 4.89. The topological polar surface area (TPSA) is 39.2 Å². The summed E-state index contributed by atoms with van der Waals surface area (Å²) in [6, 6.07) is 5.40. The van der Waals surface area contributed by atoms with E-state index in [9.17, 15) is 4.79 Å². The first-order valence-electron chi connectivity index (χ1n) is 3.97. The van der Waals surface area contributed by atoms with Crippen molar-refractivity contribution in [3.05, 3.63) is 30.1 Å². The van der Waals surface area contributed by atoms with Gasteiger partial charge in [-0.15, -0.1) is 0 Å². The molecule has 0 saturated heterocycles. The average molecular weight is 244 g/mol. The second-order valence-electron chi connectivity index (χ2n) is 2.37. The summed E-state index contributed by atoms with van der Waals surface area (Å²) in [5.41, 5.74) is 0.668. The van der Waals surface area contributed by atoms with Crippen LogP contribution in [0.15, 0.2) is 24.4 Å². The minimum atomic E-state index is -0.464. The Morgan fingerprint density at radius 2 is 2.46 bits per heavy atom. The molecule has 0 aliphatic rings. The smallest absolute Gasteiger partial charge is 0.325 e. The number of carbonyl (C=O) groups is 1. The van der Waals surface area contributed by atoms with Gasteiger partial charge in [0.15, 0.2) is 4.83 Å². The van der Waals surface area contributed by atoms with Crippen LogP contribution in [0, 0.1) is 0 Å². The van der Waals surface area contributed by atoms with Crippen molar-refractivity contribution in [3.63, 3.8) is 0 Å². The molecule has 0 N–H and O–H groups in total. The lowest BCUT2D eigenvalue weighted by molar-refractivity contribution is -0.142. The standard InChI is InChI=1S/C9H10BrNO2/c1-2-13-9(12)8(10)7-5-3-4-6-11-7/h3-6,8H,2H2,1H3/t8-/m1/s1. The SMILES string of the molecule is CCOC(=O)[C@H](Br)c1ccccn1. The number of nitrogens with zero attached hydrogens (tertiary/aromatic N) is 1. The summed E-state index contributed by atoms with van der Waals surface area (Å²) in [7, 11) is 0. The highest BCUT2D eigenvalue weighted by Crippen LogP contribution is 2.21. The Morgan fingerprint density at radius 3 is 3.00 bits per heavy atom. The van der Waals surface area contributed by atoms with Crippen LogP contribution in [-0.2, 0) is 9.53 Å². The maximum atomic E-state index is 11.2. The van der Waals surface area contributed by atoms with E-state index in [4.69, 9.17) is 4.74 Å². The zero-order valence-electron chi connectivity index (χ0n) is 7.24. The van der Waals surface area contributed by atoms with Gasteiger partial charge in [0.25, 0.3) is 0 Å². The summed E-state index contributed by atoms with van der Waals surface area (Å²) in [6.45, 7) is 2.16. The molecule has 70 valence electrons. The van der Waals surface area contributed by atoms with E-state index in [2.05, 4.69) is 20.9 Å². The Morgan fingerprint density at radius 1 is 1.69 bits per heavy atom. The number of aromatic nitrogens is 1. The molecule has 0 fully saturated rings. The van der Waals surface area contributed by atoms with Crippen LogP contribution in [0.3, 0.4) is 0 Å². The maximum absolute atomic E-state index is 11.2. The monoisotopic (exact) mass is 243 g/mol. The molecule has 0 aliphatic carbocycles. The maximum Gasteiger partial charge on any atom is 0.325 e. The fourth-order valence-electron chi connectivity index (χ4n) is 0.862.